The van der Waals surface area contributed by atoms with Gasteiger partial charge in [-0.1, -0.05) is 72.5 Å². The van der Waals surface area contributed by atoms with E-state index in [9.17, 15) is 17.6 Å². The summed E-state index contributed by atoms with van der Waals surface area (Å²) in [6.07, 6.45) is 3.63. The number of carbonyl (C=O) groups excluding carboxylic acids is 1. The van der Waals surface area contributed by atoms with Crippen molar-refractivity contribution in [2.75, 3.05) is 13.1 Å². The van der Waals surface area contributed by atoms with E-state index in [1.54, 1.807) is 35.5 Å². The summed E-state index contributed by atoms with van der Waals surface area (Å²) in [6.45, 7) is 5.40. The molecule has 0 radical (unpaired) electrons. The lowest BCUT2D eigenvalue weighted by molar-refractivity contribution is 0.202. The highest BCUT2D eigenvalue weighted by Crippen LogP contribution is 2.39. The molecule has 1 aliphatic heterocycles. The van der Waals surface area contributed by atoms with Gasteiger partial charge in [0.15, 0.2) is 5.16 Å². The highest BCUT2D eigenvalue weighted by molar-refractivity contribution is 7.98. The fourth-order valence-electron chi connectivity index (χ4n) is 4.88. The molecule has 2 amide bonds. The maximum Gasteiger partial charge on any atom is 0.343 e. The van der Waals surface area contributed by atoms with Gasteiger partial charge >= 0.3 is 6.03 Å². The molecule has 5 rings (SSSR count). The molecule has 2 heterocycles. The smallest absolute Gasteiger partial charge is 0.291 e. The van der Waals surface area contributed by atoms with Crippen molar-refractivity contribution < 1.29 is 17.6 Å². The molecule has 1 aromatic heterocycles. The predicted molar refractivity (Wildman–Crippen MR) is 173 cm³/mol. The summed E-state index contributed by atoms with van der Waals surface area (Å²) in [7, 11) is -4.14. The molecule has 0 unspecified atom stereocenters. The predicted octanol–water partition coefficient (Wildman–Crippen LogP) is 7.59. The largest absolute Gasteiger partial charge is 0.343 e. The number of carbonyl (C=O) groups is 1. The van der Waals surface area contributed by atoms with Gasteiger partial charge in [0, 0.05) is 35.0 Å². The summed E-state index contributed by atoms with van der Waals surface area (Å²) >= 11 is 20.4. The van der Waals surface area contributed by atoms with Crippen LogP contribution in [0.2, 0.25) is 15.1 Å². The number of aromatic nitrogens is 2. The Labute approximate surface area is 274 Å². The van der Waals surface area contributed by atoms with Crippen molar-refractivity contribution in [3.63, 3.8) is 0 Å². The number of thioether (sulfide) groups is 1. The van der Waals surface area contributed by atoms with Crippen molar-refractivity contribution in [2.24, 2.45) is 0 Å². The molecule has 44 heavy (non-hydrogen) atoms. The fourth-order valence-corrected chi connectivity index (χ4v) is 7.49. The van der Waals surface area contributed by atoms with Crippen LogP contribution in [-0.2, 0) is 21.2 Å². The zero-order chi connectivity index (χ0) is 31.6. The Morgan fingerprint density at radius 2 is 1.68 bits per heavy atom. The number of nitrogens with zero attached hydrogens (tertiary/aromatic N) is 3. The van der Waals surface area contributed by atoms with E-state index in [0.29, 0.717) is 45.3 Å². The average molecular weight is 697 g/mol. The molecule has 1 fully saturated rings. The Morgan fingerprint density at radius 1 is 0.977 bits per heavy atom. The molecule has 3 aromatic carbocycles. The van der Waals surface area contributed by atoms with Crippen LogP contribution < -0.4 is 10.1 Å². The number of benzene rings is 3. The average Bonchev–Trinajstić information content (AvgIpc) is 3.64. The van der Waals surface area contributed by atoms with Crippen LogP contribution in [0, 0.1) is 5.82 Å². The number of rotatable bonds is 9. The first-order valence-electron chi connectivity index (χ1n) is 13.6. The van der Waals surface area contributed by atoms with Crippen LogP contribution in [0.4, 0.5) is 9.18 Å². The van der Waals surface area contributed by atoms with Gasteiger partial charge in [-0.15, -0.1) is 0 Å². The molecule has 8 nitrogen and oxygen atoms in total. The third kappa shape index (κ3) is 7.19. The quantitative estimate of drug-likeness (QED) is 0.175. The Kier molecular flexibility index (Phi) is 9.84. The summed E-state index contributed by atoms with van der Waals surface area (Å²) < 4.78 is 43.5. The van der Waals surface area contributed by atoms with E-state index >= 15 is 0 Å². The van der Waals surface area contributed by atoms with Crippen molar-refractivity contribution in [3.05, 3.63) is 105 Å². The van der Waals surface area contributed by atoms with Crippen molar-refractivity contribution >= 4 is 62.6 Å². The highest BCUT2D eigenvalue weighted by Gasteiger charge is 2.30. The van der Waals surface area contributed by atoms with Crippen molar-refractivity contribution in [3.8, 4) is 5.69 Å². The van der Waals surface area contributed by atoms with Crippen LogP contribution in [0.3, 0.4) is 0 Å². The van der Waals surface area contributed by atoms with Gasteiger partial charge in [0.05, 0.1) is 26.8 Å². The van der Waals surface area contributed by atoms with Gasteiger partial charge < -0.3 is 0 Å². The molecule has 14 heteroatoms. The molecule has 0 atom stereocenters. The molecule has 2 N–H and O–H groups in total. The van der Waals surface area contributed by atoms with Crippen molar-refractivity contribution in [2.45, 2.75) is 47.9 Å². The van der Waals surface area contributed by atoms with Crippen LogP contribution in [0.1, 0.15) is 43.5 Å². The van der Waals surface area contributed by atoms with E-state index in [1.165, 1.54) is 36.0 Å². The fraction of sp³-hybridized carbons (Fsp3) is 0.267. The first kappa shape index (κ1) is 32.6. The number of nitrogens with one attached hydrogen (secondary N) is 2. The summed E-state index contributed by atoms with van der Waals surface area (Å²) in [4.78, 5) is 16.8. The Morgan fingerprint density at radius 3 is 2.34 bits per heavy atom. The normalized spacial score (nSPS) is 14.1. The third-order valence-corrected chi connectivity index (χ3v) is 10.8. The number of sulfonamides is 1. The van der Waals surface area contributed by atoms with Gasteiger partial charge in [-0.3, -0.25) is 9.99 Å². The van der Waals surface area contributed by atoms with Crippen molar-refractivity contribution in [1.29, 1.82) is 0 Å². The maximum atomic E-state index is 13.9. The topological polar surface area (TPSA) is 96.3 Å². The van der Waals surface area contributed by atoms with Crippen LogP contribution in [-0.4, -0.2) is 42.1 Å². The van der Waals surface area contributed by atoms with E-state index < -0.39 is 21.5 Å². The molecule has 0 aliphatic carbocycles. The van der Waals surface area contributed by atoms with E-state index in [2.05, 4.69) is 5.43 Å². The molecular formula is C30H29Cl3FN5O3S2. The summed E-state index contributed by atoms with van der Waals surface area (Å²) in [5.41, 5.74) is 5.08. The molecule has 4 aromatic rings. The minimum atomic E-state index is -4.14. The number of halogens is 4. The second-order valence-corrected chi connectivity index (χ2v) is 14.6. The van der Waals surface area contributed by atoms with Crippen LogP contribution in [0.15, 0.2) is 76.9 Å². The van der Waals surface area contributed by atoms with Crippen LogP contribution in [0.5, 0.6) is 0 Å². The van der Waals surface area contributed by atoms with E-state index in [4.69, 9.17) is 39.8 Å². The Hall–Kier alpha value is -2.80. The van der Waals surface area contributed by atoms with Crippen LogP contribution >= 0.6 is 46.6 Å². The van der Waals surface area contributed by atoms with E-state index in [0.717, 1.165) is 24.1 Å². The lowest BCUT2D eigenvalue weighted by Crippen LogP contribution is -2.47. The molecule has 1 aliphatic rings. The number of hydrogen-bond donors (Lipinski definition) is 2. The number of hydrazine groups is 1. The van der Waals surface area contributed by atoms with Gasteiger partial charge in [-0.25, -0.2) is 32.3 Å². The first-order valence-corrected chi connectivity index (χ1v) is 17.2. The minimum absolute atomic E-state index is 0.133. The second-order valence-electron chi connectivity index (χ2n) is 10.8. The van der Waals surface area contributed by atoms with Gasteiger partial charge in [-0.05, 0) is 72.5 Å². The zero-order valence-electron chi connectivity index (χ0n) is 23.8. The third-order valence-electron chi connectivity index (χ3n) is 7.38. The number of hydrogen-bond acceptors (Lipinski definition) is 6. The lowest BCUT2D eigenvalue weighted by Gasteiger charge is -2.28. The Bertz CT molecular complexity index is 1790. The monoisotopic (exact) mass is 695 g/mol. The van der Waals surface area contributed by atoms with E-state index in [-0.39, 0.29) is 15.7 Å². The van der Waals surface area contributed by atoms with Gasteiger partial charge in [0.1, 0.15) is 5.82 Å². The molecule has 0 bridgehead atoms. The molecular weight excluding hydrogens is 668 g/mol. The maximum absolute atomic E-state index is 13.9. The minimum Gasteiger partial charge on any atom is -0.291 e. The van der Waals surface area contributed by atoms with Crippen molar-refractivity contribution in [1.82, 2.24) is 24.7 Å². The lowest BCUT2D eigenvalue weighted by atomic mass is 9.81. The first-order chi connectivity index (χ1) is 20.8. The number of imidazole rings is 1. The van der Waals surface area contributed by atoms with Crippen LogP contribution in [0.25, 0.3) is 5.69 Å². The summed E-state index contributed by atoms with van der Waals surface area (Å²) in [5, 5.41) is 3.39. The van der Waals surface area contributed by atoms with Gasteiger partial charge in [-0.2, -0.15) is 0 Å². The molecule has 1 saturated heterocycles. The SMILES string of the molecule is CC(C)(c1ccc(Cl)c(Cl)c1)c1cnc(SCc2ccc(S(=O)(=O)NC(=O)NN3CCCC3)cc2Cl)n1-c1ccc(F)cc1. The summed E-state index contributed by atoms with van der Waals surface area (Å²) in [5.74, 6) is -0.00872. The number of amides is 2. The molecule has 0 spiro atoms. The second kappa shape index (κ2) is 13.3. The molecule has 0 saturated carbocycles. The van der Waals surface area contributed by atoms with E-state index in [1.807, 2.05) is 35.3 Å². The molecule has 232 valence electrons. The zero-order valence-corrected chi connectivity index (χ0v) is 27.7. The Balaban J connectivity index is 1.39. The standard InChI is InChI=1S/C30H29Cl3FN5O3S2/c1-30(2,20-6-12-24(31)26(33)15-20)27-17-35-29(39(27)22-9-7-21(34)8-10-22)43-18-19-5-11-23(16-25(19)32)44(41,42)37-28(40)36-38-13-3-4-14-38/h5-12,15-17H,3-4,13-14,18H2,1-2H3,(H2,36,37,40). The highest BCUT2D eigenvalue weighted by atomic mass is 35.5. The van der Waals surface area contributed by atoms with Gasteiger partial charge in [0.2, 0.25) is 0 Å². The van der Waals surface area contributed by atoms with Gasteiger partial charge in [0.25, 0.3) is 10.0 Å². The summed E-state index contributed by atoms with van der Waals surface area (Å²) in [6, 6.07) is 15.1. The number of urea groups is 1.